The summed E-state index contributed by atoms with van der Waals surface area (Å²) < 4.78 is 7.37. The Kier molecular flexibility index (Phi) is 4.79. The van der Waals surface area contributed by atoms with Gasteiger partial charge in [0.1, 0.15) is 0 Å². The molecule has 0 radical (unpaired) electrons. The minimum absolute atomic E-state index is 0.204. The second-order valence-electron chi connectivity index (χ2n) is 6.15. The van der Waals surface area contributed by atoms with E-state index in [0.717, 1.165) is 11.6 Å². The second-order valence-corrected chi connectivity index (χ2v) is 6.15. The summed E-state index contributed by atoms with van der Waals surface area (Å²) in [5.41, 5.74) is 1.23. The molecule has 0 aromatic carbocycles. The fraction of sp³-hybridized carbons (Fsp3) is 0.786. The number of hydrogen-bond acceptors (Lipinski definition) is 3. The third kappa shape index (κ3) is 3.73. The van der Waals surface area contributed by atoms with E-state index in [2.05, 4.69) is 55.7 Å². The third-order valence-corrected chi connectivity index (χ3v) is 3.38. The van der Waals surface area contributed by atoms with E-state index in [9.17, 15) is 0 Å². The lowest BCUT2D eigenvalue weighted by Crippen LogP contribution is -2.32. The highest BCUT2D eigenvalue weighted by molar-refractivity contribution is 5.31. The number of imidazole rings is 1. The number of methoxy groups -OCH3 is 1. The molecule has 1 heterocycles. The molecule has 0 aliphatic carbocycles. The van der Waals surface area contributed by atoms with E-state index < -0.39 is 0 Å². The number of hydrogen-bond donors (Lipinski definition) is 1. The molecule has 18 heavy (non-hydrogen) atoms. The Labute approximate surface area is 111 Å². The molecular weight excluding hydrogens is 226 g/mol. The number of aromatic nitrogens is 2. The molecule has 0 amide bonds. The Bertz CT molecular complexity index is 379. The molecule has 1 N–H and O–H groups in total. The van der Waals surface area contributed by atoms with Gasteiger partial charge in [-0.25, -0.2) is 4.98 Å². The van der Waals surface area contributed by atoms with Crippen molar-refractivity contribution < 1.29 is 4.74 Å². The monoisotopic (exact) mass is 253 g/mol. The first kappa shape index (κ1) is 15.0. The summed E-state index contributed by atoms with van der Waals surface area (Å²) in [4.78, 5) is 4.56. The van der Waals surface area contributed by atoms with Gasteiger partial charge in [0.2, 0.25) is 5.95 Å². The third-order valence-electron chi connectivity index (χ3n) is 3.38. The van der Waals surface area contributed by atoms with Gasteiger partial charge in [-0.1, -0.05) is 20.8 Å². The molecule has 1 rings (SSSR count). The standard InChI is InChI=1S/C14H27N3O/c1-10-8-17(11(2)9-18-7)13(15-10)16-12(3)14(4,5)6/h8,11-12H,9H2,1-7H3,(H,15,16). The minimum atomic E-state index is 0.204. The number of nitrogens with one attached hydrogen (secondary N) is 1. The second kappa shape index (κ2) is 5.74. The largest absolute Gasteiger partial charge is 0.383 e. The maximum atomic E-state index is 5.22. The molecule has 0 aliphatic rings. The lowest BCUT2D eigenvalue weighted by Gasteiger charge is -2.29. The van der Waals surface area contributed by atoms with Crippen molar-refractivity contribution in [2.45, 2.75) is 53.6 Å². The smallest absolute Gasteiger partial charge is 0.203 e. The van der Waals surface area contributed by atoms with Gasteiger partial charge >= 0.3 is 0 Å². The van der Waals surface area contributed by atoms with E-state index in [4.69, 9.17) is 4.74 Å². The van der Waals surface area contributed by atoms with Crippen LogP contribution in [0.5, 0.6) is 0 Å². The summed E-state index contributed by atoms with van der Waals surface area (Å²) in [6.07, 6.45) is 2.07. The molecule has 0 bridgehead atoms. The molecular formula is C14H27N3O. The molecule has 0 spiro atoms. The van der Waals surface area contributed by atoms with E-state index >= 15 is 0 Å². The summed E-state index contributed by atoms with van der Waals surface area (Å²) in [7, 11) is 1.73. The van der Waals surface area contributed by atoms with Crippen LogP contribution in [-0.4, -0.2) is 29.3 Å². The predicted molar refractivity (Wildman–Crippen MR) is 76.1 cm³/mol. The molecule has 0 saturated heterocycles. The summed E-state index contributed by atoms with van der Waals surface area (Å²) >= 11 is 0. The van der Waals surface area contributed by atoms with Crippen molar-refractivity contribution in [2.24, 2.45) is 5.41 Å². The SMILES string of the molecule is COCC(C)n1cc(C)nc1NC(C)C(C)(C)C. The van der Waals surface area contributed by atoms with Crippen LogP contribution in [0.15, 0.2) is 6.20 Å². The molecule has 4 heteroatoms. The van der Waals surface area contributed by atoms with Gasteiger partial charge in [-0.2, -0.15) is 0 Å². The van der Waals surface area contributed by atoms with Crippen molar-refractivity contribution in [1.82, 2.24) is 9.55 Å². The minimum Gasteiger partial charge on any atom is -0.383 e. The summed E-state index contributed by atoms with van der Waals surface area (Å²) in [5, 5.41) is 3.51. The molecule has 2 atom stereocenters. The van der Waals surface area contributed by atoms with Crippen molar-refractivity contribution in [2.75, 3.05) is 19.0 Å². The topological polar surface area (TPSA) is 39.1 Å². The molecule has 1 aromatic rings. The normalized spacial score (nSPS) is 15.5. The molecule has 0 saturated carbocycles. The first-order chi connectivity index (χ1) is 8.25. The highest BCUT2D eigenvalue weighted by Crippen LogP contribution is 2.24. The summed E-state index contributed by atoms with van der Waals surface area (Å²) in [6.45, 7) is 13.7. The predicted octanol–water partition coefficient (Wildman–Crippen LogP) is 3.25. The average Bonchev–Trinajstić information content (AvgIpc) is 2.58. The highest BCUT2D eigenvalue weighted by Gasteiger charge is 2.22. The highest BCUT2D eigenvalue weighted by atomic mass is 16.5. The van der Waals surface area contributed by atoms with Gasteiger partial charge in [0.25, 0.3) is 0 Å². The van der Waals surface area contributed by atoms with Crippen LogP contribution in [0.4, 0.5) is 5.95 Å². The van der Waals surface area contributed by atoms with Gasteiger partial charge in [0.15, 0.2) is 0 Å². The zero-order chi connectivity index (χ0) is 13.9. The van der Waals surface area contributed by atoms with Gasteiger partial charge in [-0.3, -0.25) is 0 Å². The van der Waals surface area contributed by atoms with Crippen LogP contribution < -0.4 is 5.32 Å². The number of nitrogens with zero attached hydrogens (tertiary/aromatic N) is 2. The van der Waals surface area contributed by atoms with Gasteiger partial charge < -0.3 is 14.6 Å². The molecule has 0 fully saturated rings. The van der Waals surface area contributed by atoms with Crippen molar-refractivity contribution in [3.8, 4) is 0 Å². The van der Waals surface area contributed by atoms with Crippen molar-refractivity contribution in [3.05, 3.63) is 11.9 Å². The quantitative estimate of drug-likeness (QED) is 0.875. The number of rotatable bonds is 5. The zero-order valence-corrected chi connectivity index (χ0v) is 12.7. The number of aryl methyl sites for hydroxylation is 1. The van der Waals surface area contributed by atoms with Crippen LogP contribution in [0, 0.1) is 12.3 Å². The Morgan fingerprint density at radius 1 is 1.39 bits per heavy atom. The Morgan fingerprint density at radius 2 is 2.00 bits per heavy atom. The number of ether oxygens (including phenoxy) is 1. The van der Waals surface area contributed by atoms with Crippen molar-refractivity contribution >= 4 is 5.95 Å². The maximum Gasteiger partial charge on any atom is 0.203 e. The molecule has 2 unspecified atom stereocenters. The first-order valence-electron chi connectivity index (χ1n) is 6.56. The van der Waals surface area contributed by atoms with Crippen LogP contribution in [0.1, 0.15) is 46.4 Å². The molecule has 0 aliphatic heterocycles. The van der Waals surface area contributed by atoms with Crippen molar-refractivity contribution in [1.29, 1.82) is 0 Å². The maximum absolute atomic E-state index is 5.22. The lowest BCUT2D eigenvalue weighted by atomic mass is 9.88. The van der Waals surface area contributed by atoms with E-state index in [-0.39, 0.29) is 11.5 Å². The van der Waals surface area contributed by atoms with Crippen LogP contribution in [-0.2, 0) is 4.74 Å². The van der Waals surface area contributed by atoms with Crippen LogP contribution in [0.25, 0.3) is 0 Å². The fourth-order valence-electron chi connectivity index (χ4n) is 1.69. The molecule has 104 valence electrons. The Balaban J connectivity index is 2.88. The lowest BCUT2D eigenvalue weighted by molar-refractivity contribution is 0.162. The Morgan fingerprint density at radius 3 is 2.50 bits per heavy atom. The van der Waals surface area contributed by atoms with E-state index in [0.29, 0.717) is 12.6 Å². The van der Waals surface area contributed by atoms with Gasteiger partial charge in [-0.15, -0.1) is 0 Å². The van der Waals surface area contributed by atoms with Crippen molar-refractivity contribution in [3.63, 3.8) is 0 Å². The number of anilines is 1. The van der Waals surface area contributed by atoms with Crippen LogP contribution in [0.3, 0.4) is 0 Å². The van der Waals surface area contributed by atoms with Gasteiger partial charge in [0.05, 0.1) is 18.3 Å². The Hall–Kier alpha value is -1.03. The van der Waals surface area contributed by atoms with E-state index in [1.165, 1.54) is 0 Å². The van der Waals surface area contributed by atoms with Crippen LogP contribution >= 0.6 is 0 Å². The molecule has 1 aromatic heterocycles. The van der Waals surface area contributed by atoms with E-state index in [1.807, 2.05) is 6.92 Å². The summed E-state index contributed by atoms with van der Waals surface area (Å²) in [5.74, 6) is 0.930. The van der Waals surface area contributed by atoms with Gasteiger partial charge in [-0.05, 0) is 26.2 Å². The van der Waals surface area contributed by atoms with Gasteiger partial charge in [0, 0.05) is 19.3 Å². The molecule has 4 nitrogen and oxygen atoms in total. The average molecular weight is 253 g/mol. The summed E-state index contributed by atoms with van der Waals surface area (Å²) in [6, 6.07) is 0.638. The fourth-order valence-corrected chi connectivity index (χ4v) is 1.69. The van der Waals surface area contributed by atoms with E-state index in [1.54, 1.807) is 7.11 Å². The van der Waals surface area contributed by atoms with Crippen LogP contribution in [0.2, 0.25) is 0 Å². The first-order valence-corrected chi connectivity index (χ1v) is 6.56. The zero-order valence-electron chi connectivity index (χ0n) is 12.7.